The molecule has 40 heavy (non-hydrogen) atoms. The number of carbonyl (C=O) groups excluding carboxylic acids is 2. The fraction of sp³-hybridized carbons (Fsp3) is 0.324. The van der Waals surface area contributed by atoms with Crippen molar-refractivity contribution in [2.45, 2.75) is 64.1 Å². The summed E-state index contributed by atoms with van der Waals surface area (Å²) >= 11 is 0. The monoisotopic (exact) mass is 535 g/mol. The molecule has 0 amide bonds. The molecule has 1 saturated carbocycles. The van der Waals surface area contributed by atoms with Gasteiger partial charge in [0.2, 0.25) is 0 Å². The molecule has 4 aromatic rings. The van der Waals surface area contributed by atoms with Crippen LogP contribution in [0.5, 0.6) is 0 Å². The van der Waals surface area contributed by atoms with Crippen LogP contribution in [0, 0.1) is 0 Å². The Labute approximate surface area is 236 Å². The number of esters is 1. The minimum atomic E-state index is -0.353. The zero-order chi connectivity index (χ0) is 27.7. The zero-order valence-electron chi connectivity index (χ0n) is 23.1. The summed E-state index contributed by atoms with van der Waals surface area (Å²) in [6.07, 6.45) is 9.39. The van der Waals surface area contributed by atoms with Gasteiger partial charge in [-0.25, -0.2) is 4.79 Å². The van der Waals surface area contributed by atoms with E-state index in [9.17, 15) is 9.59 Å². The Balaban J connectivity index is 1.09. The molecule has 0 bridgehead atoms. The second-order valence-electron chi connectivity index (χ2n) is 10.6. The predicted molar refractivity (Wildman–Crippen MR) is 160 cm³/mol. The van der Waals surface area contributed by atoms with E-state index >= 15 is 0 Å². The molecule has 0 atom stereocenters. The van der Waals surface area contributed by atoms with Crippen LogP contribution in [0.4, 0.5) is 5.69 Å². The molecule has 0 spiro atoms. The van der Waals surface area contributed by atoms with Gasteiger partial charge in [0.05, 0.1) is 12.2 Å². The average molecular weight is 536 g/mol. The number of ketones is 1. The quantitative estimate of drug-likeness (QED) is 0.164. The van der Waals surface area contributed by atoms with Crippen LogP contribution < -0.4 is 10.6 Å². The Morgan fingerprint density at radius 2 is 1.60 bits per heavy atom. The topological polar surface area (TPSA) is 80.3 Å². The average Bonchev–Trinajstić information content (AvgIpc) is 3.00. The highest BCUT2D eigenvalue weighted by Crippen LogP contribution is 2.27. The number of nitrogens with zero attached hydrogens (tertiary/aromatic N) is 1. The Morgan fingerprint density at radius 3 is 2.40 bits per heavy atom. The second kappa shape index (κ2) is 13.4. The SMILES string of the molecule is CCCOC(=O)c1ccc(C(=O)Cc2cccc(CNC3CCC(Nc4cccc5cnccc45)CC3)c2)cc1. The number of aromatic nitrogens is 1. The van der Waals surface area contributed by atoms with Crippen LogP contribution in [0.25, 0.3) is 10.8 Å². The number of fused-ring (bicyclic) bond motifs is 1. The van der Waals surface area contributed by atoms with Gasteiger partial charge in [-0.3, -0.25) is 9.78 Å². The summed E-state index contributed by atoms with van der Waals surface area (Å²) in [4.78, 5) is 29.1. The predicted octanol–water partition coefficient (Wildman–Crippen LogP) is 6.74. The minimum absolute atomic E-state index is 0.0341. The van der Waals surface area contributed by atoms with Crippen molar-refractivity contribution >= 4 is 28.2 Å². The number of nitrogens with one attached hydrogen (secondary N) is 2. The first-order chi connectivity index (χ1) is 19.6. The summed E-state index contributed by atoms with van der Waals surface area (Å²) in [5.41, 5.74) is 4.43. The molecular formula is C34H37N3O3. The Bertz CT molecular complexity index is 1440. The molecule has 2 N–H and O–H groups in total. The van der Waals surface area contributed by atoms with E-state index in [0.29, 0.717) is 36.2 Å². The van der Waals surface area contributed by atoms with E-state index in [4.69, 9.17) is 4.74 Å². The van der Waals surface area contributed by atoms with E-state index in [1.165, 1.54) is 16.6 Å². The number of hydrogen-bond acceptors (Lipinski definition) is 6. The standard InChI is InChI=1S/C34H37N3O3/c1-2-19-40-34(39)27-11-9-26(10-12-27)33(38)21-24-5-3-6-25(20-24)22-36-29-13-15-30(16-14-29)37-32-8-4-7-28-23-35-18-17-31(28)32/h3-12,17-18,20,23,29-30,36-37H,2,13-16,19,21-22H2,1H3. The molecule has 0 aliphatic heterocycles. The molecule has 6 nitrogen and oxygen atoms in total. The molecule has 6 heteroatoms. The maximum atomic E-state index is 12.9. The van der Waals surface area contributed by atoms with Crippen LogP contribution in [-0.2, 0) is 17.7 Å². The highest BCUT2D eigenvalue weighted by molar-refractivity contribution is 5.98. The van der Waals surface area contributed by atoms with Crippen molar-refractivity contribution in [1.29, 1.82) is 0 Å². The van der Waals surface area contributed by atoms with Gasteiger partial charge in [-0.15, -0.1) is 0 Å². The van der Waals surface area contributed by atoms with Crippen LogP contribution in [-0.4, -0.2) is 35.4 Å². The second-order valence-corrected chi connectivity index (χ2v) is 10.6. The van der Waals surface area contributed by atoms with Crippen molar-refractivity contribution in [2.24, 2.45) is 0 Å². The lowest BCUT2D eigenvalue weighted by atomic mass is 9.90. The third kappa shape index (κ3) is 7.13. The molecule has 1 fully saturated rings. The molecule has 1 heterocycles. The molecule has 1 aliphatic rings. The van der Waals surface area contributed by atoms with E-state index in [1.807, 2.05) is 31.5 Å². The first kappa shape index (κ1) is 27.5. The molecule has 0 unspecified atom stereocenters. The van der Waals surface area contributed by atoms with Crippen molar-refractivity contribution in [2.75, 3.05) is 11.9 Å². The number of anilines is 1. The van der Waals surface area contributed by atoms with Crippen LogP contribution in [0.15, 0.2) is 85.2 Å². The van der Waals surface area contributed by atoms with Crippen molar-refractivity contribution < 1.29 is 14.3 Å². The van der Waals surface area contributed by atoms with E-state index in [0.717, 1.165) is 49.6 Å². The zero-order valence-corrected chi connectivity index (χ0v) is 23.1. The van der Waals surface area contributed by atoms with Crippen molar-refractivity contribution in [3.8, 4) is 0 Å². The third-order valence-electron chi connectivity index (χ3n) is 7.60. The maximum Gasteiger partial charge on any atom is 0.338 e. The molecule has 0 radical (unpaired) electrons. The summed E-state index contributed by atoms with van der Waals surface area (Å²) < 4.78 is 5.16. The Kier molecular flexibility index (Phi) is 9.19. The number of benzene rings is 3. The van der Waals surface area contributed by atoms with Gasteiger partial charge in [-0.2, -0.15) is 0 Å². The largest absolute Gasteiger partial charge is 0.462 e. The van der Waals surface area contributed by atoms with E-state index in [1.54, 1.807) is 24.3 Å². The van der Waals surface area contributed by atoms with Crippen molar-refractivity contribution in [3.05, 3.63) is 107 Å². The van der Waals surface area contributed by atoms with Gasteiger partial charge < -0.3 is 15.4 Å². The van der Waals surface area contributed by atoms with Gasteiger partial charge in [0.15, 0.2) is 5.78 Å². The molecule has 1 aliphatic carbocycles. The Morgan fingerprint density at radius 1 is 0.875 bits per heavy atom. The normalized spacial score (nSPS) is 16.9. The molecule has 206 valence electrons. The number of pyridine rings is 1. The molecule has 0 saturated heterocycles. The number of rotatable bonds is 11. The van der Waals surface area contributed by atoms with Crippen molar-refractivity contribution in [1.82, 2.24) is 10.3 Å². The van der Waals surface area contributed by atoms with Gasteiger partial charge in [0.25, 0.3) is 0 Å². The number of Topliss-reactive ketones (excluding diaryl/α,β-unsaturated/α-hetero) is 1. The summed E-state index contributed by atoms with van der Waals surface area (Å²) in [5.74, 6) is -0.319. The lowest BCUT2D eigenvalue weighted by molar-refractivity contribution is 0.0505. The van der Waals surface area contributed by atoms with Gasteiger partial charge in [-0.1, -0.05) is 55.5 Å². The number of carbonyl (C=O) groups is 2. The lowest BCUT2D eigenvalue weighted by Gasteiger charge is -2.30. The lowest BCUT2D eigenvalue weighted by Crippen LogP contribution is -2.36. The van der Waals surface area contributed by atoms with Crippen LogP contribution in [0.3, 0.4) is 0 Å². The van der Waals surface area contributed by atoms with Crippen molar-refractivity contribution in [3.63, 3.8) is 0 Å². The molecular weight excluding hydrogens is 498 g/mol. The maximum absolute atomic E-state index is 12.9. The number of hydrogen-bond donors (Lipinski definition) is 2. The van der Waals surface area contributed by atoms with E-state index in [2.05, 4.69) is 52.0 Å². The van der Waals surface area contributed by atoms with Gasteiger partial charge >= 0.3 is 5.97 Å². The summed E-state index contributed by atoms with van der Waals surface area (Å²) in [6, 6.07) is 24.4. The van der Waals surface area contributed by atoms with Gasteiger partial charge in [-0.05, 0) is 67.5 Å². The van der Waals surface area contributed by atoms with Gasteiger partial charge in [0, 0.05) is 59.5 Å². The summed E-state index contributed by atoms with van der Waals surface area (Å²) in [5, 5.41) is 9.88. The first-order valence-corrected chi connectivity index (χ1v) is 14.3. The first-order valence-electron chi connectivity index (χ1n) is 14.3. The Hall–Kier alpha value is -4.03. The highest BCUT2D eigenvalue weighted by Gasteiger charge is 2.21. The summed E-state index contributed by atoms with van der Waals surface area (Å²) in [7, 11) is 0. The van der Waals surface area contributed by atoms with E-state index < -0.39 is 0 Å². The van der Waals surface area contributed by atoms with Crippen LogP contribution >= 0.6 is 0 Å². The summed E-state index contributed by atoms with van der Waals surface area (Å²) in [6.45, 7) is 3.14. The van der Waals surface area contributed by atoms with Crippen LogP contribution in [0.1, 0.15) is 70.9 Å². The highest BCUT2D eigenvalue weighted by atomic mass is 16.5. The smallest absolute Gasteiger partial charge is 0.338 e. The third-order valence-corrected chi connectivity index (χ3v) is 7.60. The fourth-order valence-electron chi connectivity index (χ4n) is 5.38. The van der Waals surface area contributed by atoms with Gasteiger partial charge in [0.1, 0.15) is 0 Å². The molecule has 1 aromatic heterocycles. The fourth-order valence-corrected chi connectivity index (χ4v) is 5.38. The van der Waals surface area contributed by atoms with Crippen LogP contribution in [0.2, 0.25) is 0 Å². The minimum Gasteiger partial charge on any atom is -0.462 e. The molecule has 3 aromatic carbocycles. The molecule has 5 rings (SSSR count). The van der Waals surface area contributed by atoms with E-state index in [-0.39, 0.29) is 11.8 Å². The number of ether oxygens (including phenoxy) is 1.